The molecule has 0 saturated carbocycles. The van der Waals surface area contributed by atoms with E-state index >= 15 is 0 Å². The van der Waals surface area contributed by atoms with Crippen molar-refractivity contribution in [2.75, 3.05) is 13.6 Å². The highest BCUT2D eigenvalue weighted by atomic mass is 32.2. The molecule has 0 saturated heterocycles. The average Bonchev–Trinajstić information content (AvgIpc) is 2.68. The predicted molar refractivity (Wildman–Crippen MR) is 70.9 cm³/mol. The van der Waals surface area contributed by atoms with Crippen LogP contribution in [-0.2, 0) is 16.6 Å². The lowest BCUT2D eigenvalue weighted by atomic mass is 10.1. The molecule has 1 rings (SSSR count). The van der Waals surface area contributed by atoms with Crippen molar-refractivity contribution >= 4 is 10.0 Å². The Bertz CT molecular complexity index is 480. The summed E-state index contributed by atoms with van der Waals surface area (Å²) in [5.74, 6) is 1.37. The third-order valence-corrected chi connectivity index (χ3v) is 4.41. The van der Waals surface area contributed by atoms with E-state index in [4.69, 9.17) is 4.42 Å². The SMILES string of the molecule is CCC(C)CNS(=O)(=O)c1cc(CNC)oc1C. The highest BCUT2D eigenvalue weighted by Crippen LogP contribution is 2.20. The van der Waals surface area contributed by atoms with Crippen LogP contribution in [0.3, 0.4) is 0 Å². The summed E-state index contributed by atoms with van der Waals surface area (Å²) in [5, 5.41) is 2.93. The monoisotopic (exact) mass is 274 g/mol. The van der Waals surface area contributed by atoms with Gasteiger partial charge < -0.3 is 9.73 Å². The van der Waals surface area contributed by atoms with Crippen LogP contribution in [0.4, 0.5) is 0 Å². The topological polar surface area (TPSA) is 71.3 Å². The number of hydrogen-bond donors (Lipinski definition) is 2. The highest BCUT2D eigenvalue weighted by Gasteiger charge is 2.21. The van der Waals surface area contributed by atoms with E-state index in [-0.39, 0.29) is 4.90 Å². The molecule has 6 heteroatoms. The molecule has 2 N–H and O–H groups in total. The third kappa shape index (κ3) is 3.83. The molecule has 0 fully saturated rings. The summed E-state index contributed by atoms with van der Waals surface area (Å²) in [4.78, 5) is 0.232. The minimum atomic E-state index is -3.47. The summed E-state index contributed by atoms with van der Waals surface area (Å²) >= 11 is 0. The Morgan fingerprint density at radius 1 is 1.44 bits per heavy atom. The normalized spacial score (nSPS) is 13.8. The van der Waals surface area contributed by atoms with Crippen LogP contribution in [0.2, 0.25) is 0 Å². The molecule has 0 aliphatic heterocycles. The Hall–Kier alpha value is -0.850. The van der Waals surface area contributed by atoms with Gasteiger partial charge in [0.25, 0.3) is 0 Å². The van der Waals surface area contributed by atoms with Crippen molar-refractivity contribution in [2.24, 2.45) is 5.92 Å². The summed E-state index contributed by atoms with van der Waals surface area (Å²) in [5.41, 5.74) is 0. The number of hydrogen-bond acceptors (Lipinski definition) is 4. The van der Waals surface area contributed by atoms with Crippen LogP contribution < -0.4 is 10.0 Å². The molecule has 18 heavy (non-hydrogen) atoms. The Morgan fingerprint density at radius 3 is 2.67 bits per heavy atom. The molecule has 0 bridgehead atoms. The zero-order valence-electron chi connectivity index (χ0n) is 11.4. The summed E-state index contributed by atoms with van der Waals surface area (Å²) in [6.45, 7) is 6.67. The lowest BCUT2D eigenvalue weighted by Crippen LogP contribution is -2.28. The first-order valence-corrected chi connectivity index (χ1v) is 7.62. The van der Waals surface area contributed by atoms with E-state index in [1.165, 1.54) is 0 Å². The van der Waals surface area contributed by atoms with Crippen molar-refractivity contribution in [1.29, 1.82) is 0 Å². The smallest absolute Gasteiger partial charge is 0.244 e. The van der Waals surface area contributed by atoms with Crippen LogP contribution >= 0.6 is 0 Å². The standard InChI is InChI=1S/C12H22N2O3S/c1-5-9(2)7-14-18(15,16)12-6-11(8-13-4)17-10(12)3/h6,9,13-14H,5,7-8H2,1-4H3. The van der Waals surface area contributed by atoms with Crippen molar-refractivity contribution in [1.82, 2.24) is 10.0 Å². The molecule has 104 valence electrons. The Kier molecular flexibility index (Phi) is 5.37. The molecule has 0 aliphatic carbocycles. The predicted octanol–water partition coefficient (Wildman–Crippen LogP) is 1.63. The summed E-state index contributed by atoms with van der Waals surface area (Å²) in [6, 6.07) is 1.57. The van der Waals surface area contributed by atoms with Gasteiger partial charge in [-0.2, -0.15) is 0 Å². The number of nitrogens with one attached hydrogen (secondary N) is 2. The van der Waals surface area contributed by atoms with Gasteiger partial charge in [0, 0.05) is 12.6 Å². The fraction of sp³-hybridized carbons (Fsp3) is 0.667. The number of rotatable bonds is 7. The Balaban J connectivity index is 2.84. The minimum absolute atomic E-state index is 0.232. The molecule has 1 unspecified atom stereocenters. The molecule has 0 spiro atoms. The minimum Gasteiger partial charge on any atom is -0.464 e. The van der Waals surface area contributed by atoms with Crippen LogP contribution in [0.1, 0.15) is 31.8 Å². The maximum absolute atomic E-state index is 12.1. The maximum Gasteiger partial charge on any atom is 0.244 e. The fourth-order valence-electron chi connectivity index (χ4n) is 1.53. The van der Waals surface area contributed by atoms with Gasteiger partial charge in [0.2, 0.25) is 10.0 Å². The van der Waals surface area contributed by atoms with Crippen LogP contribution in [0.15, 0.2) is 15.4 Å². The molecule has 1 aromatic rings. The fourth-order valence-corrected chi connectivity index (χ4v) is 2.89. The van der Waals surface area contributed by atoms with E-state index in [2.05, 4.69) is 10.0 Å². The second-order valence-corrected chi connectivity index (χ2v) is 6.26. The number of sulfonamides is 1. The quantitative estimate of drug-likeness (QED) is 0.793. The van der Waals surface area contributed by atoms with Gasteiger partial charge in [-0.05, 0) is 19.9 Å². The molecular formula is C12H22N2O3S. The van der Waals surface area contributed by atoms with Gasteiger partial charge in [0.05, 0.1) is 6.54 Å². The van der Waals surface area contributed by atoms with Gasteiger partial charge in [-0.25, -0.2) is 13.1 Å². The van der Waals surface area contributed by atoms with Crippen molar-refractivity contribution in [3.05, 3.63) is 17.6 Å². The van der Waals surface area contributed by atoms with Gasteiger partial charge in [0.1, 0.15) is 16.4 Å². The van der Waals surface area contributed by atoms with Gasteiger partial charge in [-0.3, -0.25) is 0 Å². The first kappa shape index (κ1) is 15.2. The van der Waals surface area contributed by atoms with Gasteiger partial charge in [0.15, 0.2) is 0 Å². The zero-order chi connectivity index (χ0) is 13.8. The number of aryl methyl sites for hydroxylation is 1. The molecule has 5 nitrogen and oxygen atoms in total. The van der Waals surface area contributed by atoms with Crippen LogP contribution in [-0.4, -0.2) is 22.0 Å². The van der Waals surface area contributed by atoms with Crippen molar-refractivity contribution < 1.29 is 12.8 Å². The van der Waals surface area contributed by atoms with Crippen LogP contribution in [0.25, 0.3) is 0 Å². The average molecular weight is 274 g/mol. The lowest BCUT2D eigenvalue weighted by molar-refractivity contribution is 0.465. The molecule has 0 radical (unpaired) electrons. The lowest BCUT2D eigenvalue weighted by Gasteiger charge is -2.09. The van der Waals surface area contributed by atoms with Gasteiger partial charge in [-0.1, -0.05) is 20.3 Å². The summed E-state index contributed by atoms with van der Waals surface area (Å²) < 4.78 is 32.2. The zero-order valence-corrected chi connectivity index (χ0v) is 12.2. The van der Waals surface area contributed by atoms with Crippen LogP contribution in [0, 0.1) is 12.8 Å². The molecular weight excluding hydrogens is 252 g/mol. The number of furan rings is 1. The largest absolute Gasteiger partial charge is 0.464 e. The van der Waals surface area contributed by atoms with Crippen LogP contribution in [0.5, 0.6) is 0 Å². The molecule has 1 aromatic heterocycles. The molecule has 0 aromatic carbocycles. The van der Waals surface area contributed by atoms with Crippen molar-refractivity contribution in [3.63, 3.8) is 0 Å². The molecule has 1 atom stereocenters. The third-order valence-electron chi connectivity index (χ3n) is 2.88. The van der Waals surface area contributed by atoms with E-state index in [0.717, 1.165) is 6.42 Å². The van der Waals surface area contributed by atoms with Gasteiger partial charge >= 0.3 is 0 Å². The molecule has 0 amide bonds. The highest BCUT2D eigenvalue weighted by molar-refractivity contribution is 7.89. The van der Waals surface area contributed by atoms with Crippen molar-refractivity contribution in [2.45, 2.75) is 38.6 Å². The second kappa shape index (κ2) is 6.36. The van der Waals surface area contributed by atoms with Crippen molar-refractivity contribution in [3.8, 4) is 0 Å². The van der Waals surface area contributed by atoms with E-state index < -0.39 is 10.0 Å². The summed E-state index contributed by atoms with van der Waals surface area (Å²) in [7, 11) is -1.68. The van der Waals surface area contributed by atoms with Gasteiger partial charge in [-0.15, -0.1) is 0 Å². The van der Waals surface area contributed by atoms with E-state index in [0.29, 0.717) is 30.5 Å². The molecule has 0 aliphatic rings. The Labute approximate surface area is 109 Å². The summed E-state index contributed by atoms with van der Waals surface area (Å²) in [6.07, 6.45) is 0.942. The van der Waals surface area contributed by atoms with E-state index in [1.807, 2.05) is 13.8 Å². The first-order chi connectivity index (χ1) is 8.40. The maximum atomic E-state index is 12.1. The Morgan fingerprint density at radius 2 is 2.11 bits per heavy atom. The second-order valence-electron chi connectivity index (χ2n) is 4.53. The van der Waals surface area contributed by atoms with E-state index in [9.17, 15) is 8.42 Å². The van der Waals surface area contributed by atoms with E-state index in [1.54, 1.807) is 20.0 Å². The first-order valence-electron chi connectivity index (χ1n) is 6.14. The molecule has 1 heterocycles.